The van der Waals surface area contributed by atoms with E-state index in [1.165, 1.54) is 18.4 Å². The summed E-state index contributed by atoms with van der Waals surface area (Å²) in [6.45, 7) is 0. The van der Waals surface area contributed by atoms with Gasteiger partial charge in [0.05, 0.1) is 18.9 Å². The number of benzene rings is 2. The van der Waals surface area contributed by atoms with Gasteiger partial charge < -0.3 is 15.2 Å². The second-order valence-electron chi connectivity index (χ2n) is 6.82. The molecule has 28 heavy (non-hydrogen) atoms. The quantitative estimate of drug-likeness (QED) is 0.415. The van der Waals surface area contributed by atoms with Crippen LogP contribution in [0.3, 0.4) is 0 Å². The third-order valence-electron chi connectivity index (χ3n) is 4.83. The van der Waals surface area contributed by atoms with Crippen LogP contribution < -0.4 is 15.2 Å². The maximum Gasteiger partial charge on any atom is 0.430 e. The molecule has 2 aromatic carbocycles. The number of primary amides is 1. The van der Waals surface area contributed by atoms with Gasteiger partial charge in [-0.25, -0.2) is 4.79 Å². The van der Waals surface area contributed by atoms with E-state index >= 15 is 0 Å². The minimum Gasteiger partial charge on any atom is -0.493 e. The number of carbonyl (C=O) groups is 1. The lowest BCUT2D eigenvalue weighted by Gasteiger charge is -2.17. The van der Waals surface area contributed by atoms with Gasteiger partial charge in [0.2, 0.25) is 0 Å². The topological polar surface area (TPSA) is 83.1 Å². The number of nitrogens with two attached hydrogens (primary N) is 1. The highest BCUT2D eigenvalue weighted by molar-refractivity contribution is 6.01. The predicted octanol–water partition coefficient (Wildman–Crippen LogP) is 4.45. The van der Waals surface area contributed by atoms with Gasteiger partial charge in [-0.05, 0) is 62.3 Å². The summed E-state index contributed by atoms with van der Waals surface area (Å²) in [5, 5.41) is 3.98. The zero-order chi connectivity index (χ0) is 19.8. The van der Waals surface area contributed by atoms with Gasteiger partial charge in [-0.3, -0.25) is 4.84 Å². The van der Waals surface area contributed by atoms with Crippen LogP contribution in [0.1, 0.15) is 43.2 Å². The number of methoxy groups -OCH3 is 1. The number of ether oxygens (including phenoxy) is 2. The zero-order valence-corrected chi connectivity index (χ0v) is 16.1. The molecule has 0 unspecified atom stereocenters. The van der Waals surface area contributed by atoms with Gasteiger partial charge in [-0.15, -0.1) is 0 Å². The highest BCUT2D eigenvalue weighted by Crippen LogP contribution is 2.33. The van der Waals surface area contributed by atoms with Gasteiger partial charge in [0, 0.05) is 5.56 Å². The average molecular weight is 382 g/mol. The molecule has 0 atom stereocenters. The summed E-state index contributed by atoms with van der Waals surface area (Å²) < 4.78 is 11.6. The summed E-state index contributed by atoms with van der Waals surface area (Å²) in [5.74, 6) is 1.35. The molecular formula is C22H26N2O4. The molecule has 1 saturated carbocycles. The molecular weight excluding hydrogens is 356 g/mol. The third kappa shape index (κ3) is 5.49. The average Bonchev–Trinajstić information content (AvgIpc) is 3.22. The fourth-order valence-corrected chi connectivity index (χ4v) is 3.38. The van der Waals surface area contributed by atoms with E-state index in [1.807, 2.05) is 36.4 Å². The Morgan fingerprint density at radius 2 is 1.86 bits per heavy atom. The molecule has 0 aromatic heterocycles. The summed E-state index contributed by atoms with van der Waals surface area (Å²) >= 11 is 0. The molecule has 3 rings (SSSR count). The lowest BCUT2D eigenvalue weighted by molar-refractivity contribution is 0.161. The van der Waals surface area contributed by atoms with Crippen LogP contribution in [0.15, 0.2) is 53.7 Å². The Bertz CT molecular complexity index is 815. The zero-order valence-electron chi connectivity index (χ0n) is 16.1. The monoisotopic (exact) mass is 382 g/mol. The maximum absolute atomic E-state index is 11.1. The first kappa shape index (κ1) is 19.7. The van der Waals surface area contributed by atoms with Crippen LogP contribution in [-0.2, 0) is 11.3 Å². The first-order chi connectivity index (χ1) is 13.7. The van der Waals surface area contributed by atoms with Crippen molar-refractivity contribution in [2.24, 2.45) is 10.9 Å². The van der Waals surface area contributed by atoms with Crippen molar-refractivity contribution in [3.05, 3.63) is 59.7 Å². The summed E-state index contributed by atoms with van der Waals surface area (Å²) in [5.41, 5.74) is 7.71. The molecule has 2 aromatic rings. The van der Waals surface area contributed by atoms with Crippen molar-refractivity contribution >= 4 is 11.8 Å². The van der Waals surface area contributed by atoms with Gasteiger partial charge in [-0.1, -0.05) is 35.5 Å². The summed E-state index contributed by atoms with van der Waals surface area (Å²) in [4.78, 5) is 15.8. The minimum absolute atomic E-state index is 0.204. The fraction of sp³-hybridized carbons (Fsp3) is 0.364. The fourth-order valence-electron chi connectivity index (χ4n) is 3.38. The standard InChI is InChI=1S/C22H26N2O4/c1-26-20-14-12-17(15-21(20)27-18-9-5-6-10-18)19(24-28-22(23)25)13-11-16-7-3-2-4-8-16/h2-4,7-8,12,14-15,18H,5-6,9-11,13H2,1H3,(H2,23,25). The Morgan fingerprint density at radius 3 is 2.54 bits per heavy atom. The number of nitrogens with zero attached hydrogens (tertiary/aromatic N) is 1. The van der Waals surface area contributed by atoms with E-state index < -0.39 is 6.09 Å². The number of carbonyl (C=O) groups excluding carboxylic acids is 1. The van der Waals surface area contributed by atoms with E-state index in [-0.39, 0.29) is 6.10 Å². The Morgan fingerprint density at radius 1 is 1.11 bits per heavy atom. The van der Waals surface area contributed by atoms with Crippen LogP contribution in [0.2, 0.25) is 0 Å². The van der Waals surface area contributed by atoms with Crippen molar-refractivity contribution in [3.8, 4) is 11.5 Å². The molecule has 6 heteroatoms. The van der Waals surface area contributed by atoms with Crippen LogP contribution in [0.5, 0.6) is 11.5 Å². The number of hydrogen-bond acceptors (Lipinski definition) is 5. The first-order valence-corrected chi connectivity index (χ1v) is 9.58. The van der Waals surface area contributed by atoms with Crippen LogP contribution in [0.25, 0.3) is 0 Å². The molecule has 0 bridgehead atoms. The Labute approximate surface area is 165 Å². The summed E-state index contributed by atoms with van der Waals surface area (Å²) in [6, 6.07) is 15.7. The molecule has 1 amide bonds. The lowest BCUT2D eigenvalue weighted by Crippen LogP contribution is -2.14. The maximum atomic E-state index is 11.1. The van der Waals surface area contributed by atoms with Gasteiger partial charge in [-0.2, -0.15) is 0 Å². The Hall–Kier alpha value is -3.02. The van der Waals surface area contributed by atoms with E-state index in [4.69, 9.17) is 20.0 Å². The van der Waals surface area contributed by atoms with E-state index in [0.717, 1.165) is 24.8 Å². The van der Waals surface area contributed by atoms with Crippen molar-refractivity contribution in [1.29, 1.82) is 0 Å². The van der Waals surface area contributed by atoms with Crippen molar-refractivity contribution < 1.29 is 19.1 Å². The minimum atomic E-state index is -0.937. The van der Waals surface area contributed by atoms with Gasteiger partial charge >= 0.3 is 6.09 Å². The highest BCUT2D eigenvalue weighted by Gasteiger charge is 2.19. The van der Waals surface area contributed by atoms with Gasteiger partial charge in [0.15, 0.2) is 11.5 Å². The smallest absolute Gasteiger partial charge is 0.430 e. The Kier molecular flexibility index (Phi) is 6.89. The molecule has 2 N–H and O–H groups in total. The summed E-state index contributed by atoms with van der Waals surface area (Å²) in [6.07, 6.45) is 5.08. The molecule has 0 aliphatic heterocycles. The molecule has 0 saturated heterocycles. The predicted molar refractivity (Wildman–Crippen MR) is 108 cm³/mol. The van der Waals surface area contributed by atoms with Crippen LogP contribution in [0.4, 0.5) is 4.79 Å². The molecule has 0 radical (unpaired) electrons. The number of aryl methyl sites for hydroxylation is 1. The van der Waals surface area contributed by atoms with Gasteiger partial charge in [0.25, 0.3) is 0 Å². The number of amides is 1. The van der Waals surface area contributed by atoms with E-state index in [9.17, 15) is 4.79 Å². The van der Waals surface area contributed by atoms with E-state index in [1.54, 1.807) is 7.11 Å². The van der Waals surface area contributed by atoms with E-state index in [2.05, 4.69) is 17.3 Å². The van der Waals surface area contributed by atoms with Crippen LogP contribution in [0, 0.1) is 0 Å². The van der Waals surface area contributed by atoms with Crippen molar-refractivity contribution in [1.82, 2.24) is 0 Å². The highest BCUT2D eigenvalue weighted by atomic mass is 16.7. The van der Waals surface area contributed by atoms with Crippen molar-refractivity contribution in [2.45, 2.75) is 44.6 Å². The Balaban J connectivity index is 1.83. The van der Waals surface area contributed by atoms with Crippen LogP contribution in [-0.4, -0.2) is 25.0 Å². The van der Waals surface area contributed by atoms with Gasteiger partial charge in [0.1, 0.15) is 0 Å². The van der Waals surface area contributed by atoms with Crippen molar-refractivity contribution in [2.75, 3.05) is 7.11 Å². The molecule has 1 fully saturated rings. The lowest BCUT2D eigenvalue weighted by atomic mass is 10.0. The molecule has 1 aliphatic rings. The molecule has 0 spiro atoms. The molecule has 6 nitrogen and oxygen atoms in total. The number of hydrogen-bond donors (Lipinski definition) is 1. The second kappa shape index (κ2) is 9.78. The van der Waals surface area contributed by atoms with Crippen LogP contribution >= 0.6 is 0 Å². The summed E-state index contributed by atoms with van der Waals surface area (Å²) in [7, 11) is 1.62. The van der Waals surface area contributed by atoms with E-state index in [0.29, 0.717) is 23.6 Å². The normalized spacial score (nSPS) is 14.7. The SMILES string of the molecule is COc1ccc(C(CCc2ccccc2)=NOC(N)=O)cc1OC1CCCC1. The first-order valence-electron chi connectivity index (χ1n) is 9.58. The number of oxime groups is 1. The molecule has 148 valence electrons. The number of rotatable bonds is 8. The van der Waals surface area contributed by atoms with Crippen molar-refractivity contribution in [3.63, 3.8) is 0 Å². The third-order valence-corrected chi connectivity index (χ3v) is 4.83. The molecule has 1 aliphatic carbocycles. The second-order valence-corrected chi connectivity index (χ2v) is 6.82. The molecule has 0 heterocycles. The largest absolute Gasteiger partial charge is 0.493 e.